The molecule has 6 heteroatoms. The molecule has 0 heterocycles. The summed E-state index contributed by atoms with van der Waals surface area (Å²) in [5, 5.41) is 20.1. The molecule has 0 radical (unpaired) electrons. The lowest BCUT2D eigenvalue weighted by molar-refractivity contribution is -0.385. The van der Waals surface area contributed by atoms with Crippen LogP contribution in [0, 0.1) is 16.0 Å². The van der Waals surface area contributed by atoms with E-state index >= 15 is 0 Å². The van der Waals surface area contributed by atoms with Gasteiger partial charge in [-0.2, -0.15) is 0 Å². The normalized spacial score (nSPS) is 17.2. The van der Waals surface area contributed by atoms with Gasteiger partial charge in [0.05, 0.1) is 4.92 Å². The highest BCUT2D eigenvalue weighted by Gasteiger charge is 2.25. The molecule has 0 aromatic heterocycles. The summed E-state index contributed by atoms with van der Waals surface area (Å²) in [6.45, 7) is 0. The van der Waals surface area contributed by atoms with Crippen molar-refractivity contribution in [1.82, 2.24) is 0 Å². The number of benzene rings is 1. The molecule has 0 amide bonds. The minimum absolute atomic E-state index is 0. The molecule has 0 spiro atoms. The molecule has 0 bridgehead atoms. The molecule has 1 aromatic rings. The first-order valence-corrected chi connectivity index (χ1v) is 5.82. The number of halogens is 1. The van der Waals surface area contributed by atoms with Gasteiger partial charge in [0.2, 0.25) is 0 Å². The quantitative estimate of drug-likeness (QED) is 0.654. The van der Waals surface area contributed by atoms with Crippen LogP contribution in [0.4, 0.5) is 5.69 Å². The van der Waals surface area contributed by atoms with Gasteiger partial charge in [-0.05, 0) is 30.4 Å². The Morgan fingerprint density at radius 2 is 2.00 bits per heavy atom. The number of aromatic hydroxyl groups is 1. The average Bonchev–Trinajstić information content (AvgIpc) is 2.81. The van der Waals surface area contributed by atoms with Crippen molar-refractivity contribution >= 4 is 18.1 Å². The van der Waals surface area contributed by atoms with E-state index in [9.17, 15) is 15.2 Å². The molecule has 3 N–H and O–H groups in total. The maximum Gasteiger partial charge on any atom is 0.311 e. The van der Waals surface area contributed by atoms with Gasteiger partial charge in [0.1, 0.15) is 0 Å². The van der Waals surface area contributed by atoms with Crippen LogP contribution >= 0.6 is 12.4 Å². The molecule has 1 fully saturated rings. The summed E-state index contributed by atoms with van der Waals surface area (Å²) in [6, 6.07) is 4.24. The molecule has 2 rings (SSSR count). The monoisotopic (exact) mass is 272 g/mol. The minimum Gasteiger partial charge on any atom is -0.502 e. The summed E-state index contributed by atoms with van der Waals surface area (Å²) in [5.41, 5.74) is 6.58. The summed E-state index contributed by atoms with van der Waals surface area (Å²) in [5.74, 6) is 0.0940. The van der Waals surface area contributed by atoms with Crippen molar-refractivity contribution in [2.75, 3.05) is 0 Å². The van der Waals surface area contributed by atoms with Crippen LogP contribution in [0.15, 0.2) is 18.2 Å². The number of nitrogens with zero attached hydrogens (tertiary/aromatic N) is 1. The van der Waals surface area contributed by atoms with E-state index < -0.39 is 4.92 Å². The molecule has 0 aliphatic heterocycles. The number of nitrogens with two attached hydrogens (primary N) is 1. The molecule has 1 aliphatic carbocycles. The highest BCUT2D eigenvalue weighted by molar-refractivity contribution is 5.85. The van der Waals surface area contributed by atoms with Crippen LogP contribution < -0.4 is 5.73 Å². The highest BCUT2D eigenvalue weighted by Crippen LogP contribution is 2.36. The van der Waals surface area contributed by atoms with Gasteiger partial charge in [-0.25, -0.2) is 0 Å². The van der Waals surface area contributed by atoms with Gasteiger partial charge in [0, 0.05) is 12.1 Å². The van der Waals surface area contributed by atoms with Gasteiger partial charge >= 0.3 is 5.69 Å². The second-order valence-corrected chi connectivity index (χ2v) is 4.58. The fourth-order valence-corrected chi connectivity index (χ4v) is 2.48. The Balaban J connectivity index is 0.00000162. The predicted molar refractivity (Wildman–Crippen MR) is 70.9 cm³/mol. The largest absolute Gasteiger partial charge is 0.502 e. The van der Waals surface area contributed by atoms with Gasteiger partial charge in [-0.3, -0.25) is 10.1 Å². The summed E-state index contributed by atoms with van der Waals surface area (Å²) in [4.78, 5) is 10.1. The number of hydrogen-bond acceptors (Lipinski definition) is 4. The zero-order chi connectivity index (χ0) is 12.4. The Bertz CT molecular complexity index is 433. The van der Waals surface area contributed by atoms with Gasteiger partial charge in [-0.1, -0.05) is 18.9 Å². The topological polar surface area (TPSA) is 89.4 Å². The van der Waals surface area contributed by atoms with E-state index in [-0.39, 0.29) is 29.9 Å². The average molecular weight is 273 g/mol. The van der Waals surface area contributed by atoms with E-state index in [0.29, 0.717) is 5.92 Å². The Morgan fingerprint density at radius 3 is 2.56 bits per heavy atom. The van der Waals surface area contributed by atoms with Crippen LogP contribution in [0.3, 0.4) is 0 Å². The lowest BCUT2D eigenvalue weighted by atomic mass is 9.92. The van der Waals surface area contributed by atoms with Crippen molar-refractivity contribution in [2.24, 2.45) is 11.7 Å². The second-order valence-electron chi connectivity index (χ2n) is 4.58. The smallest absolute Gasteiger partial charge is 0.311 e. The van der Waals surface area contributed by atoms with Gasteiger partial charge < -0.3 is 10.8 Å². The van der Waals surface area contributed by atoms with Gasteiger partial charge in [-0.15, -0.1) is 12.4 Å². The molecule has 1 aromatic carbocycles. The van der Waals surface area contributed by atoms with Crippen molar-refractivity contribution in [3.05, 3.63) is 33.9 Å². The number of phenols is 1. The van der Waals surface area contributed by atoms with E-state index in [0.717, 1.165) is 18.4 Å². The molecule has 1 aliphatic rings. The Labute approximate surface area is 112 Å². The van der Waals surface area contributed by atoms with Crippen molar-refractivity contribution < 1.29 is 10.0 Å². The van der Waals surface area contributed by atoms with Crippen molar-refractivity contribution in [2.45, 2.75) is 31.7 Å². The van der Waals surface area contributed by atoms with Crippen LogP contribution in [0.1, 0.15) is 37.3 Å². The molecule has 100 valence electrons. The first-order chi connectivity index (χ1) is 8.09. The number of nitro benzene ring substituents is 1. The third-order valence-electron chi connectivity index (χ3n) is 3.49. The minimum atomic E-state index is -0.583. The van der Waals surface area contributed by atoms with Gasteiger partial charge in [0.15, 0.2) is 5.75 Å². The molecule has 0 unspecified atom stereocenters. The molecular formula is C12H17ClN2O3. The van der Waals surface area contributed by atoms with E-state index in [1.807, 2.05) is 0 Å². The standard InChI is InChI=1S/C12H16N2O3.ClH/c13-12(8-3-1-2-4-8)9-5-6-11(15)10(7-9)14(16)17;/h5-8,12,15H,1-4,13H2;1H/t12-;/m0./s1. The lowest BCUT2D eigenvalue weighted by Crippen LogP contribution is -2.19. The van der Waals surface area contributed by atoms with E-state index in [2.05, 4.69) is 0 Å². The number of rotatable bonds is 3. The summed E-state index contributed by atoms with van der Waals surface area (Å²) in [7, 11) is 0. The van der Waals surface area contributed by atoms with E-state index in [4.69, 9.17) is 5.73 Å². The van der Waals surface area contributed by atoms with Crippen LogP contribution in [0.2, 0.25) is 0 Å². The summed E-state index contributed by atoms with van der Waals surface area (Å²) in [6.07, 6.45) is 4.52. The third kappa shape index (κ3) is 2.91. The second kappa shape index (κ2) is 6.02. The van der Waals surface area contributed by atoms with Crippen molar-refractivity contribution in [3.8, 4) is 5.75 Å². The molecular weight excluding hydrogens is 256 g/mol. The zero-order valence-corrected chi connectivity index (χ0v) is 10.7. The van der Waals surface area contributed by atoms with Crippen molar-refractivity contribution in [1.29, 1.82) is 0 Å². The molecule has 1 atom stereocenters. The van der Waals surface area contributed by atoms with Crippen molar-refractivity contribution in [3.63, 3.8) is 0 Å². The van der Waals surface area contributed by atoms with E-state index in [1.54, 1.807) is 6.07 Å². The van der Waals surface area contributed by atoms with Gasteiger partial charge in [0.25, 0.3) is 0 Å². The maximum absolute atomic E-state index is 10.7. The Kier molecular flexibility index (Phi) is 4.93. The Morgan fingerprint density at radius 1 is 1.39 bits per heavy atom. The molecule has 1 saturated carbocycles. The number of nitro groups is 1. The number of hydrogen-bond donors (Lipinski definition) is 2. The Hall–Kier alpha value is -1.33. The molecule has 0 saturated heterocycles. The van der Waals surface area contributed by atoms with Crippen LogP contribution in [0.5, 0.6) is 5.75 Å². The zero-order valence-electron chi connectivity index (χ0n) is 9.91. The van der Waals surface area contributed by atoms with Crippen LogP contribution in [0.25, 0.3) is 0 Å². The molecule has 18 heavy (non-hydrogen) atoms. The third-order valence-corrected chi connectivity index (χ3v) is 3.49. The first-order valence-electron chi connectivity index (χ1n) is 5.82. The fourth-order valence-electron chi connectivity index (χ4n) is 2.48. The summed E-state index contributed by atoms with van der Waals surface area (Å²) < 4.78 is 0. The predicted octanol–water partition coefficient (Wildman–Crippen LogP) is 2.91. The SMILES string of the molecule is Cl.N[C@H](c1ccc(O)c([N+](=O)[O-])c1)C1CCCC1. The van der Waals surface area contributed by atoms with Crippen LogP contribution in [-0.4, -0.2) is 10.0 Å². The van der Waals surface area contributed by atoms with Crippen LogP contribution in [-0.2, 0) is 0 Å². The number of phenolic OH excluding ortho intramolecular Hbond substituents is 1. The first kappa shape index (κ1) is 14.7. The summed E-state index contributed by atoms with van der Waals surface area (Å²) >= 11 is 0. The van der Waals surface area contributed by atoms with E-state index in [1.165, 1.54) is 25.0 Å². The highest BCUT2D eigenvalue weighted by atomic mass is 35.5. The lowest BCUT2D eigenvalue weighted by Gasteiger charge is -2.19. The molecule has 5 nitrogen and oxygen atoms in total. The fraction of sp³-hybridized carbons (Fsp3) is 0.500. The maximum atomic E-state index is 10.7.